The number of likely N-dealkylation sites (N-methyl/N-ethyl adjacent to an activating group) is 1. The highest BCUT2D eigenvalue weighted by molar-refractivity contribution is 5.95. The van der Waals surface area contributed by atoms with Crippen LogP contribution in [0.3, 0.4) is 0 Å². The minimum atomic E-state index is -0.257. The van der Waals surface area contributed by atoms with Crippen molar-refractivity contribution in [3.05, 3.63) is 60.2 Å². The first-order valence-corrected chi connectivity index (χ1v) is 10.7. The second kappa shape index (κ2) is 10.1. The normalized spacial score (nSPS) is 15.4. The highest BCUT2D eigenvalue weighted by Gasteiger charge is 2.21. The van der Waals surface area contributed by atoms with Crippen molar-refractivity contribution in [2.75, 3.05) is 36.9 Å². The summed E-state index contributed by atoms with van der Waals surface area (Å²) in [5, 5.41) is 5.74. The average Bonchev–Trinajstić information content (AvgIpc) is 2.78. The largest absolute Gasteiger partial charge is 0.370 e. The van der Waals surface area contributed by atoms with Crippen molar-refractivity contribution in [3.8, 4) is 0 Å². The SMILES string of the molecule is CC1CCN(C(=O)c2ccc(NC(=O)NCC(C)N(C)c3ccccc3)cc2)CC1. The van der Waals surface area contributed by atoms with Crippen LogP contribution in [0.4, 0.5) is 16.2 Å². The molecule has 3 amide bonds. The van der Waals surface area contributed by atoms with Gasteiger partial charge in [0.15, 0.2) is 0 Å². The van der Waals surface area contributed by atoms with E-state index in [1.54, 1.807) is 24.3 Å². The minimum Gasteiger partial charge on any atom is -0.370 e. The Hall–Kier alpha value is -3.02. The first-order chi connectivity index (χ1) is 14.4. The fourth-order valence-corrected chi connectivity index (χ4v) is 3.56. The average molecular weight is 409 g/mol. The first-order valence-electron chi connectivity index (χ1n) is 10.7. The van der Waals surface area contributed by atoms with E-state index in [-0.39, 0.29) is 18.0 Å². The molecular formula is C24H32N4O2. The molecule has 0 radical (unpaired) electrons. The minimum absolute atomic E-state index is 0.0654. The molecule has 2 aromatic rings. The number of para-hydroxylation sites is 1. The Morgan fingerprint density at radius 3 is 2.33 bits per heavy atom. The molecule has 6 nitrogen and oxygen atoms in total. The van der Waals surface area contributed by atoms with E-state index in [4.69, 9.17) is 0 Å². The summed E-state index contributed by atoms with van der Waals surface area (Å²) in [6, 6.07) is 17.1. The zero-order chi connectivity index (χ0) is 21.5. The van der Waals surface area contributed by atoms with Crippen LogP contribution in [0.2, 0.25) is 0 Å². The fourth-order valence-electron chi connectivity index (χ4n) is 3.56. The number of hydrogen-bond donors (Lipinski definition) is 2. The number of nitrogens with one attached hydrogen (secondary N) is 2. The molecule has 0 aliphatic carbocycles. The van der Waals surface area contributed by atoms with Gasteiger partial charge in [0.25, 0.3) is 5.91 Å². The molecule has 1 saturated heterocycles. The lowest BCUT2D eigenvalue weighted by Crippen LogP contribution is -2.41. The van der Waals surface area contributed by atoms with Crippen LogP contribution >= 0.6 is 0 Å². The standard InChI is InChI=1S/C24H32N4O2/c1-18-13-15-28(16-14-18)23(29)20-9-11-21(12-10-20)26-24(30)25-17-19(2)27(3)22-7-5-4-6-8-22/h4-12,18-19H,13-17H2,1-3H3,(H2,25,26,30). The van der Waals surface area contributed by atoms with Gasteiger partial charge in [-0.25, -0.2) is 4.79 Å². The van der Waals surface area contributed by atoms with Crippen molar-refractivity contribution in [1.29, 1.82) is 0 Å². The molecule has 1 heterocycles. The number of hydrogen-bond acceptors (Lipinski definition) is 3. The van der Waals surface area contributed by atoms with Gasteiger partial charge >= 0.3 is 6.03 Å². The van der Waals surface area contributed by atoms with Crippen LogP contribution in [0, 0.1) is 5.92 Å². The highest BCUT2D eigenvalue weighted by Crippen LogP contribution is 2.19. The monoisotopic (exact) mass is 408 g/mol. The van der Waals surface area contributed by atoms with Crippen LogP contribution < -0.4 is 15.5 Å². The molecule has 3 rings (SSSR count). The van der Waals surface area contributed by atoms with Gasteiger partial charge in [-0.05, 0) is 62.1 Å². The second-order valence-electron chi connectivity index (χ2n) is 8.18. The molecule has 1 aliphatic rings. The lowest BCUT2D eigenvalue weighted by Gasteiger charge is -2.30. The Morgan fingerprint density at radius 2 is 1.70 bits per heavy atom. The molecule has 2 N–H and O–H groups in total. The van der Waals surface area contributed by atoms with Crippen LogP contribution in [-0.2, 0) is 0 Å². The van der Waals surface area contributed by atoms with E-state index in [1.165, 1.54) is 0 Å². The van der Waals surface area contributed by atoms with Gasteiger partial charge in [0.1, 0.15) is 0 Å². The van der Waals surface area contributed by atoms with Gasteiger partial charge in [0.05, 0.1) is 0 Å². The molecule has 0 saturated carbocycles. The number of urea groups is 1. The van der Waals surface area contributed by atoms with E-state index >= 15 is 0 Å². The summed E-state index contributed by atoms with van der Waals surface area (Å²) in [6.45, 7) is 6.44. The van der Waals surface area contributed by atoms with Gasteiger partial charge in [0.2, 0.25) is 0 Å². The van der Waals surface area contributed by atoms with E-state index in [0.717, 1.165) is 31.6 Å². The van der Waals surface area contributed by atoms with E-state index in [9.17, 15) is 9.59 Å². The molecule has 1 fully saturated rings. The number of rotatable bonds is 6. The van der Waals surface area contributed by atoms with Gasteiger partial charge in [-0.1, -0.05) is 25.1 Å². The predicted molar refractivity (Wildman–Crippen MR) is 122 cm³/mol. The summed E-state index contributed by atoms with van der Waals surface area (Å²) in [5.74, 6) is 0.755. The molecule has 0 bridgehead atoms. The Bertz CT molecular complexity index is 830. The maximum atomic E-state index is 12.6. The zero-order valence-corrected chi connectivity index (χ0v) is 18.1. The van der Waals surface area contributed by atoms with Crippen molar-refractivity contribution in [1.82, 2.24) is 10.2 Å². The lowest BCUT2D eigenvalue weighted by atomic mass is 9.98. The molecule has 0 spiro atoms. The van der Waals surface area contributed by atoms with Crippen molar-refractivity contribution in [3.63, 3.8) is 0 Å². The summed E-state index contributed by atoms with van der Waals surface area (Å²) in [7, 11) is 2.01. The van der Waals surface area contributed by atoms with Crippen molar-refractivity contribution < 1.29 is 9.59 Å². The number of carbonyl (C=O) groups is 2. The van der Waals surface area contributed by atoms with E-state index in [0.29, 0.717) is 23.7 Å². The zero-order valence-electron chi connectivity index (χ0n) is 18.1. The summed E-state index contributed by atoms with van der Waals surface area (Å²) < 4.78 is 0. The van der Waals surface area contributed by atoms with Crippen LogP contribution in [-0.4, -0.2) is 49.6 Å². The Morgan fingerprint density at radius 1 is 1.07 bits per heavy atom. The van der Waals surface area contributed by atoms with Gasteiger partial charge in [-0.3, -0.25) is 4.79 Å². The molecule has 1 atom stereocenters. The summed E-state index contributed by atoms with van der Waals surface area (Å²) in [6.07, 6.45) is 2.12. The van der Waals surface area contributed by atoms with Crippen LogP contribution in [0.25, 0.3) is 0 Å². The smallest absolute Gasteiger partial charge is 0.319 e. The fraction of sp³-hybridized carbons (Fsp3) is 0.417. The topological polar surface area (TPSA) is 64.7 Å². The number of carbonyl (C=O) groups excluding carboxylic acids is 2. The Balaban J connectivity index is 1.47. The molecule has 30 heavy (non-hydrogen) atoms. The Kier molecular flexibility index (Phi) is 7.33. The molecule has 2 aromatic carbocycles. The van der Waals surface area contributed by atoms with Gasteiger partial charge < -0.3 is 20.4 Å². The number of anilines is 2. The summed E-state index contributed by atoms with van der Waals surface area (Å²) >= 11 is 0. The highest BCUT2D eigenvalue weighted by atomic mass is 16.2. The van der Waals surface area contributed by atoms with Gasteiger partial charge in [0, 0.05) is 49.7 Å². The maximum Gasteiger partial charge on any atom is 0.319 e. The number of likely N-dealkylation sites (tertiary alicyclic amines) is 1. The molecule has 1 unspecified atom stereocenters. The summed E-state index contributed by atoms with van der Waals surface area (Å²) in [5.41, 5.74) is 2.43. The van der Waals surface area contributed by atoms with Gasteiger partial charge in [-0.15, -0.1) is 0 Å². The van der Waals surface area contributed by atoms with Crippen LogP contribution in [0.15, 0.2) is 54.6 Å². The van der Waals surface area contributed by atoms with Crippen molar-refractivity contribution in [2.24, 2.45) is 5.92 Å². The second-order valence-corrected chi connectivity index (χ2v) is 8.18. The number of piperidine rings is 1. The van der Waals surface area contributed by atoms with Crippen molar-refractivity contribution >= 4 is 23.3 Å². The molecule has 0 aromatic heterocycles. The third kappa shape index (κ3) is 5.75. The molecule has 1 aliphatic heterocycles. The van der Waals surface area contributed by atoms with Crippen molar-refractivity contribution in [2.45, 2.75) is 32.7 Å². The first kappa shape index (κ1) is 21.7. The molecular weight excluding hydrogens is 376 g/mol. The van der Waals surface area contributed by atoms with E-state index < -0.39 is 0 Å². The molecule has 160 valence electrons. The van der Waals surface area contributed by atoms with E-state index in [2.05, 4.69) is 29.4 Å². The van der Waals surface area contributed by atoms with Gasteiger partial charge in [-0.2, -0.15) is 0 Å². The Labute approximate surface area is 179 Å². The predicted octanol–water partition coefficient (Wildman–Crippen LogP) is 4.21. The quantitative estimate of drug-likeness (QED) is 0.753. The number of benzene rings is 2. The number of amides is 3. The number of nitrogens with zero attached hydrogens (tertiary/aromatic N) is 2. The van der Waals surface area contributed by atoms with E-state index in [1.807, 2.05) is 42.3 Å². The lowest BCUT2D eigenvalue weighted by molar-refractivity contribution is 0.0697. The summed E-state index contributed by atoms with van der Waals surface area (Å²) in [4.78, 5) is 28.9. The third-order valence-electron chi connectivity index (χ3n) is 5.84. The van der Waals surface area contributed by atoms with Crippen LogP contribution in [0.5, 0.6) is 0 Å². The maximum absolute atomic E-state index is 12.6. The van der Waals surface area contributed by atoms with Crippen LogP contribution in [0.1, 0.15) is 37.0 Å². The third-order valence-corrected chi connectivity index (χ3v) is 5.84. The molecule has 6 heteroatoms.